The van der Waals surface area contributed by atoms with Gasteiger partial charge in [0.2, 0.25) is 0 Å². The SMILES string of the molecule is Cc1cc(OCC(=O)OCC(=O)N2CCC[C@@H](c3nc4ccccc4s3)C2)no1. The lowest BCUT2D eigenvalue weighted by molar-refractivity contribution is -0.154. The lowest BCUT2D eigenvalue weighted by Gasteiger charge is -2.31. The summed E-state index contributed by atoms with van der Waals surface area (Å²) in [5.74, 6) is 0.163. The van der Waals surface area contributed by atoms with Crippen LogP contribution in [0.5, 0.6) is 5.88 Å². The van der Waals surface area contributed by atoms with E-state index in [1.807, 2.05) is 18.2 Å². The number of carbonyl (C=O) groups is 2. The van der Waals surface area contributed by atoms with Crippen LogP contribution in [-0.2, 0) is 14.3 Å². The number of amides is 1. The van der Waals surface area contributed by atoms with E-state index in [1.54, 1.807) is 29.2 Å². The van der Waals surface area contributed by atoms with Gasteiger partial charge in [0.1, 0.15) is 5.76 Å². The van der Waals surface area contributed by atoms with Gasteiger partial charge in [-0.25, -0.2) is 9.78 Å². The second kappa shape index (κ2) is 8.60. The zero-order valence-corrected chi connectivity index (χ0v) is 16.8. The van der Waals surface area contributed by atoms with Crippen molar-refractivity contribution in [2.45, 2.75) is 25.7 Å². The van der Waals surface area contributed by atoms with Gasteiger partial charge >= 0.3 is 5.97 Å². The van der Waals surface area contributed by atoms with E-state index in [-0.39, 0.29) is 30.9 Å². The minimum absolute atomic E-state index is 0.207. The summed E-state index contributed by atoms with van der Waals surface area (Å²) in [6, 6.07) is 9.61. The number of ether oxygens (including phenoxy) is 2. The summed E-state index contributed by atoms with van der Waals surface area (Å²) in [5, 5.41) is 4.68. The molecule has 1 aromatic carbocycles. The Morgan fingerprint density at radius 1 is 1.31 bits per heavy atom. The maximum Gasteiger partial charge on any atom is 0.344 e. The first-order chi connectivity index (χ1) is 14.1. The fourth-order valence-electron chi connectivity index (χ4n) is 3.29. The third kappa shape index (κ3) is 4.73. The number of carbonyl (C=O) groups excluding carboxylic acids is 2. The van der Waals surface area contributed by atoms with Crippen LogP contribution in [0.4, 0.5) is 0 Å². The molecule has 0 unspecified atom stereocenters. The van der Waals surface area contributed by atoms with E-state index >= 15 is 0 Å². The summed E-state index contributed by atoms with van der Waals surface area (Å²) in [6.45, 7) is 2.34. The molecule has 0 aliphatic carbocycles. The Balaban J connectivity index is 1.27. The van der Waals surface area contributed by atoms with Gasteiger partial charge in [-0.15, -0.1) is 11.3 Å². The zero-order chi connectivity index (χ0) is 20.2. The number of rotatable bonds is 6. The summed E-state index contributed by atoms with van der Waals surface area (Å²) < 4.78 is 16.2. The monoisotopic (exact) mass is 415 g/mol. The topological polar surface area (TPSA) is 94.8 Å². The first-order valence-corrected chi connectivity index (χ1v) is 10.2. The van der Waals surface area contributed by atoms with E-state index in [4.69, 9.17) is 19.0 Å². The number of esters is 1. The van der Waals surface area contributed by atoms with E-state index in [2.05, 4.69) is 11.2 Å². The second-order valence-electron chi connectivity index (χ2n) is 6.92. The van der Waals surface area contributed by atoms with Crippen LogP contribution in [0.1, 0.15) is 29.5 Å². The normalized spacial score (nSPS) is 16.7. The molecule has 0 radical (unpaired) electrons. The molecule has 0 N–H and O–H groups in total. The average molecular weight is 415 g/mol. The molecule has 0 bridgehead atoms. The van der Waals surface area contributed by atoms with Crippen LogP contribution in [0.3, 0.4) is 0 Å². The highest BCUT2D eigenvalue weighted by atomic mass is 32.1. The van der Waals surface area contributed by atoms with Gasteiger partial charge in [-0.1, -0.05) is 12.1 Å². The maximum atomic E-state index is 12.5. The summed E-state index contributed by atoms with van der Waals surface area (Å²) >= 11 is 1.68. The highest BCUT2D eigenvalue weighted by Gasteiger charge is 2.27. The molecule has 1 atom stereocenters. The van der Waals surface area contributed by atoms with E-state index in [1.165, 1.54) is 0 Å². The average Bonchev–Trinajstić information content (AvgIpc) is 3.36. The highest BCUT2D eigenvalue weighted by Crippen LogP contribution is 2.32. The molecule has 1 aliphatic heterocycles. The Hall–Kier alpha value is -2.94. The van der Waals surface area contributed by atoms with Gasteiger partial charge in [-0.05, 0) is 37.1 Å². The van der Waals surface area contributed by atoms with E-state index in [0.717, 1.165) is 28.1 Å². The standard InChI is InChI=1S/C20H21N3O5S/c1-13-9-17(22-28-13)26-12-19(25)27-11-18(24)23-8-4-5-14(10-23)20-21-15-6-2-3-7-16(15)29-20/h2-3,6-7,9,14H,4-5,8,10-12H2,1H3/t14-/m1/s1. The van der Waals surface area contributed by atoms with Gasteiger partial charge in [0.15, 0.2) is 13.2 Å². The van der Waals surface area contributed by atoms with Crippen LogP contribution in [0.2, 0.25) is 0 Å². The largest absolute Gasteiger partial charge is 0.463 e. The number of aromatic nitrogens is 2. The third-order valence-corrected chi connectivity index (χ3v) is 5.93. The molecule has 0 spiro atoms. The molecule has 0 saturated carbocycles. The first kappa shape index (κ1) is 19.4. The molecule has 152 valence electrons. The summed E-state index contributed by atoms with van der Waals surface area (Å²) in [5.41, 5.74) is 0.993. The van der Waals surface area contributed by atoms with Crippen molar-refractivity contribution in [1.82, 2.24) is 15.0 Å². The van der Waals surface area contributed by atoms with Crippen molar-refractivity contribution in [2.75, 3.05) is 26.3 Å². The van der Waals surface area contributed by atoms with Crippen molar-refractivity contribution in [3.05, 3.63) is 41.1 Å². The van der Waals surface area contributed by atoms with Crippen molar-refractivity contribution in [1.29, 1.82) is 0 Å². The Kier molecular flexibility index (Phi) is 5.75. The molecular weight excluding hydrogens is 394 g/mol. The van der Waals surface area contributed by atoms with E-state index < -0.39 is 5.97 Å². The Morgan fingerprint density at radius 2 is 2.17 bits per heavy atom. The lowest BCUT2D eigenvalue weighted by atomic mass is 9.99. The number of benzene rings is 1. The third-order valence-electron chi connectivity index (χ3n) is 4.73. The maximum absolute atomic E-state index is 12.5. The zero-order valence-electron chi connectivity index (χ0n) is 16.0. The number of hydrogen-bond donors (Lipinski definition) is 0. The Bertz CT molecular complexity index is 981. The predicted molar refractivity (Wildman–Crippen MR) is 106 cm³/mol. The fourth-order valence-corrected chi connectivity index (χ4v) is 4.38. The second-order valence-corrected chi connectivity index (χ2v) is 7.99. The molecule has 3 aromatic rings. The summed E-state index contributed by atoms with van der Waals surface area (Å²) in [4.78, 5) is 30.8. The van der Waals surface area contributed by atoms with Gasteiger partial charge in [0.25, 0.3) is 11.8 Å². The van der Waals surface area contributed by atoms with E-state index in [9.17, 15) is 9.59 Å². The molecule has 2 aromatic heterocycles. The Morgan fingerprint density at radius 3 is 2.97 bits per heavy atom. The highest BCUT2D eigenvalue weighted by molar-refractivity contribution is 7.18. The number of hydrogen-bond acceptors (Lipinski definition) is 8. The number of nitrogens with zero attached hydrogens (tertiary/aromatic N) is 3. The number of likely N-dealkylation sites (tertiary alicyclic amines) is 1. The predicted octanol–water partition coefficient (Wildman–Crippen LogP) is 2.92. The van der Waals surface area contributed by atoms with Crippen molar-refractivity contribution in [2.24, 2.45) is 0 Å². The summed E-state index contributed by atoms with van der Waals surface area (Å²) in [7, 11) is 0. The summed E-state index contributed by atoms with van der Waals surface area (Å²) in [6.07, 6.45) is 1.89. The number of fused-ring (bicyclic) bond motifs is 1. The molecule has 9 heteroatoms. The molecular formula is C20H21N3O5S. The van der Waals surface area contributed by atoms with Gasteiger partial charge in [0, 0.05) is 25.1 Å². The van der Waals surface area contributed by atoms with Crippen LogP contribution in [0, 0.1) is 6.92 Å². The van der Waals surface area contributed by atoms with Gasteiger partial charge in [-0.3, -0.25) is 4.79 Å². The fraction of sp³-hybridized carbons (Fsp3) is 0.400. The van der Waals surface area contributed by atoms with Crippen LogP contribution in [-0.4, -0.2) is 53.2 Å². The number of para-hydroxylation sites is 1. The van der Waals surface area contributed by atoms with Gasteiger partial charge in [-0.2, -0.15) is 0 Å². The van der Waals surface area contributed by atoms with Crippen LogP contribution in [0.15, 0.2) is 34.9 Å². The molecule has 1 aliphatic rings. The molecule has 1 fully saturated rings. The van der Waals surface area contributed by atoms with E-state index in [0.29, 0.717) is 18.8 Å². The number of piperidine rings is 1. The minimum atomic E-state index is -0.626. The van der Waals surface area contributed by atoms with Crippen LogP contribution < -0.4 is 4.74 Å². The first-order valence-electron chi connectivity index (χ1n) is 9.43. The quantitative estimate of drug-likeness (QED) is 0.571. The number of aryl methyl sites for hydroxylation is 1. The molecule has 29 heavy (non-hydrogen) atoms. The van der Waals surface area contributed by atoms with Gasteiger partial charge in [0.05, 0.1) is 15.2 Å². The molecule has 3 heterocycles. The van der Waals surface area contributed by atoms with Gasteiger partial charge < -0.3 is 18.9 Å². The lowest BCUT2D eigenvalue weighted by Crippen LogP contribution is -2.41. The smallest absolute Gasteiger partial charge is 0.344 e. The van der Waals surface area contributed by atoms with Crippen LogP contribution in [0.25, 0.3) is 10.2 Å². The van der Waals surface area contributed by atoms with Crippen LogP contribution >= 0.6 is 11.3 Å². The van der Waals surface area contributed by atoms with Crippen molar-refractivity contribution >= 4 is 33.4 Å². The Labute approximate surface area is 171 Å². The molecule has 1 amide bonds. The molecule has 1 saturated heterocycles. The molecule has 4 rings (SSSR count). The van der Waals surface area contributed by atoms with Crippen molar-refractivity contribution in [3.63, 3.8) is 0 Å². The molecule has 8 nitrogen and oxygen atoms in total. The number of thiazole rings is 1. The van der Waals surface area contributed by atoms with Crippen molar-refractivity contribution < 1.29 is 23.6 Å². The minimum Gasteiger partial charge on any atom is -0.463 e. The van der Waals surface area contributed by atoms with Crippen molar-refractivity contribution in [3.8, 4) is 5.88 Å².